The Kier molecular flexibility index (Phi) is 5.80. The van der Waals surface area contributed by atoms with Gasteiger partial charge in [-0.1, -0.05) is 50.1 Å². The highest BCUT2D eigenvalue weighted by Crippen LogP contribution is 2.16. The Balaban J connectivity index is 2.07. The fourth-order valence-electron chi connectivity index (χ4n) is 1.91. The lowest BCUT2D eigenvalue weighted by Crippen LogP contribution is -2.11. The Morgan fingerprint density at radius 2 is 1.90 bits per heavy atom. The predicted molar refractivity (Wildman–Crippen MR) is 90.7 cm³/mol. The Morgan fingerprint density at radius 1 is 1.10 bits per heavy atom. The van der Waals surface area contributed by atoms with Crippen molar-refractivity contribution in [2.75, 3.05) is 10.6 Å². The molecule has 2 aromatic carbocycles. The van der Waals surface area contributed by atoms with Crippen LogP contribution in [0.25, 0.3) is 0 Å². The number of anilines is 1. The molecular formula is C16H15Br2NO. The average Bonchev–Trinajstić information content (AvgIpc) is 2.45. The summed E-state index contributed by atoms with van der Waals surface area (Å²) < 4.78 is 0.899. The van der Waals surface area contributed by atoms with Crippen LogP contribution in [-0.4, -0.2) is 11.2 Å². The van der Waals surface area contributed by atoms with Crippen LogP contribution in [0.15, 0.2) is 53.0 Å². The van der Waals surface area contributed by atoms with Crippen molar-refractivity contribution in [2.24, 2.45) is 0 Å². The van der Waals surface area contributed by atoms with E-state index in [0.29, 0.717) is 5.56 Å². The molecule has 0 spiro atoms. The molecule has 1 amide bonds. The molecular weight excluding hydrogens is 382 g/mol. The summed E-state index contributed by atoms with van der Waals surface area (Å²) in [6, 6.07) is 15.4. The molecule has 20 heavy (non-hydrogen) atoms. The zero-order valence-electron chi connectivity index (χ0n) is 10.9. The van der Waals surface area contributed by atoms with Gasteiger partial charge in [0, 0.05) is 21.1 Å². The fraction of sp³-hybridized carbons (Fsp3) is 0.188. The topological polar surface area (TPSA) is 29.1 Å². The average molecular weight is 397 g/mol. The van der Waals surface area contributed by atoms with E-state index >= 15 is 0 Å². The molecule has 2 nitrogen and oxygen atoms in total. The van der Waals surface area contributed by atoms with Crippen molar-refractivity contribution in [3.63, 3.8) is 0 Å². The van der Waals surface area contributed by atoms with Crippen LogP contribution < -0.4 is 5.32 Å². The second kappa shape index (κ2) is 7.60. The molecule has 0 unspecified atom stereocenters. The van der Waals surface area contributed by atoms with E-state index in [2.05, 4.69) is 43.2 Å². The third-order valence-corrected chi connectivity index (χ3v) is 3.92. The van der Waals surface area contributed by atoms with Gasteiger partial charge < -0.3 is 5.32 Å². The number of hydrogen-bond acceptors (Lipinski definition) is 1. The first kappa shape index (κ1) is 15.3. The van der Waals surface area contributed by atoms with Gasteiger partial charge in [0.2, 0.25) is 0 Å². The molecule has 0 heterocycles. The van der Waals surface area contributed by atoms with Crippen LogP contribution in [0, 0.1) is 0 Å². The maximum absolute atomic E-state index is 12.2. The van der Waals surface area contributed by atoms with Crippen LogP contribution in [0.4, 0.5) is 5.69 Å². The number of amides is 1. The van der Waals surface area contributed by atoms with Gasteiger partial charge in [-0.25, -0.2) is 0 Å². The quantitative estimate of drug-likeness (QED) is 0.705. The predicted octanol–water partition coefficient (Wildman–Crippen LogP) is 5.03. The number of alkyl halides is 1. The van der Waals surface area contributed by atoms with E-state index in [1.54, 1.807) is 6.07 Å². The van der Waals surface area contributed by atoms with Crippen LogP contribution in [0.2, 0.25) is 0 Å². The normalized spacial score (nSPS) is 10.3. The second-order valence-electron chi connectivity index (χ2n) is 4.46. The van der Waals surface area contributed by atoms with Gasteiger partial charge in [0.05, 0.1) is 0 Å². The first-order valence-electron chi connectivity index (χ1n) is 6.41. The molecule has 104 valence electrons. The summed E-state index contributed by atoms with van der Waals surface area (Å²) in [5, 5.41) is 3.92. The summed E-state index contributed by atoms with van der Waals surface area (Å²) in [5.74, 6) is -0.0936. The zero-order valence-corrected chi connectivity index (χ0v) is 14.1. The van der Waals surface area contributed by atoms with Gasteiger partial charge in [0.15, 0.2) is 0 Å². The molecule has 0 aliphatic heterocycles. The van der Waals surface area contributed by atoms with E-state index in [4.69, 9.17) is 0 Å². The SMILES string of the molecule is O=C(Nc1cccc(CCCBr)c1)c1cccc(Br)c1. The summed E-state index contributed by atoms with van der Waals surface area (Å²) in [7, 11) is 0. The van der Waals surface area contributed by atoms with Crippen LogP contribution in [-0.2, 0) is 6.42 Å². The second-order valence-corrected chi connectivity index (χ2v) is 6.17. The lowest BCUT2D eigenvalue weighted by Gasteiger charge is -2.07. The molecule has 2 rings (SSSR count). The Bertz CT molecular complexity index is 599. The van der Waals surface area contributed by atoms with Crippen molar-refractivity contribution >= 4 is 43.5 Å². The lowest BCUT2D eigenvalue weighted by atomic mass is 10.1. The van der Waals surface area contributed by atoms with Crippen LogP contribution >= 0.6 is 31.9 Å². The van der Waals surface area contributed by atoms with Crippen molar-refractivity contribution < 1.29 is 4.79 Å². The number of nitrogens with one attached hydrogen (secondary N) is 1. The van der Waals surface area contributed by atoms with Gasteiger partial charge in [-0.05, 0) is 48.7 Å². The largest absolute Gasteiger partial charge is 0.322 e. The summed E-state index contributed by atoms with van der Waals surface area (Å²) in [6.45, 7) is 0. The van der Waals surface area contributed by atoms with Crippen molar-refractivity contribution in [1.82, 2.24) is 0 Å². The lowest BCUT2D eigenvalue weighted by molar-refractivity contribution is 0.102. The monoisotopic (exact) mass is 395 g/mol. The van der Waals surface area contributed by atoms with Crippen LogP contribution in [0.3, 0.4) is 0 Å². The van der Waals surface area contributed by atoms with E-state index in [0.717, 1.165) is 28.3 Å². The highest BCUT2D eigenvalue weighted by molar-refractivity contribution is 9.10. The van der Waals surface area contributed by atoms with E-state index < -0.39 is 0 Å². The van der Waals surface area contributed by atoms with Gasteiger partial charge in [0.1, 0.15) is 0 Å². The molecule has 0 radical (unpaired) electrons. The molecule has 0 saturated carbocycles. The highest BCUT2D eigenvalue weighted by Gasteiger charge is 2.06. The number of benzene rings is 2. The zero-order chi connectivity index (χ0) is 14.4. The van der Waals surface area contributed by atoms with Crippen molar-refractivity contribution in [3.8, 4) is 0 Å². The molecule has 0 aromatic heterocycles. The molecule has 1 N–H and O–H groups in total. The van der Waals surface area contributed by atoms with Gasteiger partial charge in [0.25, 0.3) is 5.91 Å². The summed E-state index contributed by atoms with van der Waals surface area (Å²) in [4.78, 5) is 12.2. The number of aryl methyl sites for hydroxylation is 1. The standard InChI is InChI=1S/C16H15Br2NO/c17-9-3-5-12-4-1-8-15(10-12)19-16(20)13-6-2-7-14(18)11-13/h1-2,4,6-8,10-11H,3,5,9H2,(H,19,20). The van der Waals surface area contributed by atoms with Gasteiger partial charge >= 0.3 is 0 Å². The number of rotatable bonds is 5. The summed E-state index contributed by atoms with van der Waals surface area (Å²) in [6.07, 6.45) is 2.09. The van der Waals surface area contributed by atoms with Crippen LogP contribution in [0.5, 0.6) is 0 Å². The van der Waals surface area contributed by atoms with E-state index in [1.807, 2.05) is 36.4 Å². The van der Waals surface area contributed by atoms with Gasteiger partial charge in [-0.15, -0.1) is 0 Å². The Morgan fingerprint density at radius 3 is 2.65 bits per heavy atom. The Hall–Kier alpha value is -1.13. The molecule has 0 bridgehead atoms. The summed E-state index contributed by atoms with van der Waals surface area (Å²) >= 11 is 6.80. The first-order valence-corrected chi connectivity index (χ1v) is 8.32. The number of hydrogen-bond donors (Lipinski definition) is 1. The molecule has 0 atom stereocenters. The van der Waals surface area contributed by atoms with Gasteiger partial charge in [-0.3, -0.25) is 4.79 Å². The number of carbonyl (C=O) groups excluding carboxylic acids is 1. The maximum atomic E-state index is 12.2. The molecule has 0 fully saturated rings. The minimum atomic E-state index is -0.0936. The summed E-state index contributed by atoms with van der Waals surface area (Å²) in [5.41, 5.74) is 2.71. The maximum Gasteiger partial charge on any atom is 0.255 e. The third kappa shape index (κ3) is 4.46. The molecule has 0 saturated heterocycles. The van der Waals surface area contributed by atoms with Gasteiger partial charge in [-0.2, -0.15) is 0 Å². The molecule has 2 aromatic rings. The molecule has 0 aliphatic carbocycles. The number of carbonyl (C=O) groups is 1. The third-order valence-electron chi connectivity index (χ3n) is 2.87. The van der Waals surface area contributed by atoms with Crippen molar-refractivity contribution in [3.05, 3.63) is 64.1 Å². The minimum absolute atomic E-state index is 0.0936. The van der Waals surface area contributed by atoms with E-state index in [-0.39, 0.29) is 5.91 Å². The smallest absolute Gasteiger partial charge is 0.255 e. The van der Waals surface area contributed by atoms with Crippen LogP contribution in [0.1, 0.15) is 22.3 Å². The molecule has 4 heteroatoms. The number of halogens is 2. The minimum Gasteiger partial charge on any atom is -0.322 e. The van der Waals surface area contributed by atoms with Crippen molar-refractivity contribution in [1.29, 1.82) is 0 Å². The Labute approximate surface area is 135 Å². The molecule has 0 aliphatic rings. The fourth-order valence-corrected chi connectivity index (χ4v) is 2.59. The highest BCUT2D eigenvalue weighted by atomic mass is 79.9. The van der Waals surface area contributed by atoms with E-state index in [1.165, 1.54) is 5.56 Å². The van der Waals surface area contributed by atoms with E-state index in [9.17, 15) is 4.79 Å². The van der Waals surface area contributed by atoms with Crippen molar-refractivity contribution in [2.45, 2.75) is 12.8 Å². The first-order chi connectivity index (χ1) is 9.69.